The molecular weight excluding hydrogens is 384 g/mol. The van der Waals surface area contributed by atoms with Crippen LogP contribution in [0.15, 0.2) is 70.4 Å². The van der Waals surface area contributed by atoms with Gasteiger partial charge in [-0.15, -0.1) is 11.8 Å². The van der Waals surface area contributed by atoms with Gasteiger partial charge in [-0.1, -0.05) is 36.4 Å². The van der Waals surface area contributed by atoms with Crippen molar-refractivity contribution in [1.82, 2.24) is 5.32 Å². The Kier molecular flexibility index (Phi) is 4.51. The van der Waals surface area contributed by atoms with Crippen LogP contribution in [0.4, 0.5) is 5.69 Å². The number of ketones is 1. The summed E-state index contributed by atoms with van der Waals surface area (Å²) in [7, 11) is 0. The fraction of sp³-hybridized carbons (Fsp3) is 0.261. The van der Waals surface area contributed by atoms with E-state index in [4.69, 9.17) is 0 Å². The van der Waals surface area contributed by atoms with Gasteiger partial charge in [0, 0.05) is 46.0 Å². The Balaban J connectivity index is 1.66. The van der Waals surface area contributed by atoms with E-state index in [9.17, 15) is 14.9 Å². The van der Waals surface area contributed by atoms with Crippen molar-refractivity contribution in [3.8, 4) is 11.1 Å². The Bertz CT molecular complexity index is 1090. The third kappa shape index (κ3) is 3.08. The van der Waals surface area contributed by atoms with Gasteiger partial charge in [0.1, 0.15) is 0 Å². The molecule has 0 radical (unpaired) electrons. The summed E-state index contributed by atoms with van der Waals surface area (Å²) in [5.74, 6) is 0.954. The molecule has 3 aliphatic rings. The minimum Gasteiger partial charge on any atom is -0.361 e. The highest BCUT2D eigenvalue weighted by Gasteiger charge is 2.39. The second-order valence-corrected chi connectivity index (χ2v) is 8.70. The molecule has 5 nitrogen and oxygen atoms in total. The van der Waals surface area contributed by atoms with Gasteiger partial charge >= 0.3 is 0 Å². The zero-order valence-electron chi connectivity index (χ0n) is 15.8. The van der Waals surface area contributed by atoms with Crippen LogP contribution >= 0.6 is 11.8 Å². The SMILES string of the molecule is O=C1CCCC2=C1C(c1ccc(-c3ccccc3)c([N+](=O)[O-])c1)C1=C(CCS1)N2. The summed E-state index contributed by atoms with van der Waals surface area (Å²) in [6.07, 6.45) is 3.23. The minimum atomic E-state index is -0.317. The van der Waals surface area contributed by atoms with E-state index in [1.165, 1.54) is 5.70 Å². The van der Waals surface area contributed by atoms with Gasteiger partial charge in [0.05, 0.1) is 10.5 Å². The lowest BCUT2D eigenvalue weighted by molar-refractivity contribution is -0.384. The quantitative estimate of drug-likeness (QED) is 0.555. The van der Waals surface area contributed by atoms with Crippen LogP contribution in [-0.2, 0) is 4.79 Å². The maximum Gasteiger partial charge on any atom is 0.277 e. The van der Waals surface area contributed by atoms with Crippen LogP contribution in [0.2, 0.25) is 0 Å². The maximum absolute atomic E-state index is 12.8. The smallest absolute Gasteiger partial charge is 0.277 e. The van der Waals surface area contributed by atoms with Crippen molar-refractivity contribution in [2.75, 3.05) is 5.75 Å². The summed E-state index contributed by atoms with van der Waals surface area (Å²) in [6, 6.07) is 14.9. The number of carbonyl (C=O) groups is 1. The van der Waals surface area contributed by atoms with E-state index in [-0.39, 0.29) is 22.3 Å². The molecule has 0 aromatic heterocycles. The first kappa shape index (κ1) is 18.2. The van der Waals surface area contributed by atoms with Crippen LogP contribution in [0.5, 0.6) is 0 Å². The first-order chi connectivity index (χ1) is 14.1. The predicted molar refractivity (Wildman–Crippen MR) is 114 cm³/mol. The Morgan fingerprint density at radius 1 is 1.03 bits per heavy atom. The zero-order chi connectivity index (χ0) is 20.0. The first-order valence-electron chi connectivity index (χ1n) is 9.86. The van der Waals surface area contributed by atoms with Crippen LogP contribution < -0.4 is 5.32 Å². The summed E-state index contributed by atoms with van der Waals surface area (Å²) in [5.41, 5.74) is 5.35. The van der Waals surface area contributed by atoms with Gasteiger partial charge in [-0.25, -0.2) is 0 Å². The second kappa shape index (κ2) is 7.19. The third-order valence-electron chi connectivity index (χ3n) is 5.85. The number of rotatable bonds is 3. The number of thioether (sulfide) groups is 1. The van der Waals surface area contributed by atoms with Crippen molar-refractivity contribution < 1.29 is 9.72 Å². The number of benzene rings is 2. The molecule has 1 unspecified atom stereocenters. The molecule has 29 heavy (non-hydrogen) atoms. The molecule has 0 spiro atoms. The van der Waals surface area contributed by atoms with Gasteiger partial charge in [-0.05, 0) is 36.5 Å². The van der Waals surface area contributed by atoms with Crippen LogP contribution in [0.1, 0.15) is 37.2 Å². The molecule has 1 atom stereocenters. The van der Waals surface area contributed by atoms with Gasteiger partial charge in [0.2, 0.25) is 0 Å². The van der Waals surface area contributed by atoms with Crippen molar-refractivity contribution in [3.63, 3.8) is 0 Å². The zero-order valence-corrected chi connectivity index (χ0v) is 16.6. The number of nitrogens with zero attached hydrogens (tertiary/aromatic N) is 1. The topological polar surface area (TPSA) is 72.2 Å². The summed E-state index contributed by atoms with van der Waals surface area (Å²) in [6.45, 7) is 0. The molecule has 0 saturated heterocycles. The van der Waals surface area contributed by atoms with Crippen LogP contribution in [-0.4, -0.2) is 16.5 Å². The average molecular weight is 404 g/mol. The molecule has 0 bridgehead atoms. The number of nitro groups is 1. The second-order valence-electron chi connectivity index (χ2n) is 7.57. The van der Waals surface area contributed by atoms with Crippen LogP contribution in [0.3, 0.4) is 0 Å². The fourth-order valence-corrected chi connectivity index (χ4v) is 5.83. The molecule has 2 aromatic rings. The van der Waals surface area contributed by atoms with Crippen molar-refractivity contribution in [1.29, 1.82) is 0 Å². The Labute approximate surface area is 173 Å². The third-order valence-corrected chi connectivity index (χ3v) is 7.05. The van der Waals surface area contributed by atoms with E-state index >= 15 is 0 Å². The lowest BCUT2D eigenvalue weighted by Gasteiger charge is -2.33. The lowest BCUT2D eigenvalue weighted by Crippen LogP contribution is -2.30. The van der Waals surface area contributed by atoms with E-state index in [0.717, 1.165) is 52.3 Å². The largest absolute Gasteiger partial charge is 0.361 e. The molecule has 0 fully saturated rings. The van der Waals surface area contributed by atoms with Crippen molar-refractivity contribution in [2.24, 2.45) is 0 Å². The first-order valence-corrected chi connectivity index (χ1v) is 10.8. The summed E-state index contributed by atoms with van der Waals surface area (Å²) < 4.78 is 0. The molecule has 6 heteroatoms. The normalized spacial score (nSPS) is 21.0. The van der Waals surface area contributed by atoms with E-state index in [2.05, 4.69) is 5.32 Å². The molecular formula is C23H20N2O3S. The summed E-state index contributed by atoms with van der Waals surface area (Å²) >= 11 is 1.76. The molecule has 1 aliphatic carbocycles. The average Bonchev–Trinajstić information content (AvgIpc) is 3.21. The van der Waals surface area contributed by atoms with E-state index in [0.29, 0.717) is 12.0 Å². The van der Waals surface area contributed by atoms with Crippen LogP contribution in [0.25, 0.3) is 11.1 Å². The van der Waals surface area contributed by atoms with E-state index in [1.54, 1.807) is 17.8 Å². The van der Waals surface area contributed by atoms with Gasteiger partial charge in [0.25, 0.3) is 5.69 Å². The molecule has 146 valence electrons. The van der Waals surface area contributed by atoms with Crippen molar-refractivity contribution >= 4 is 23.2 Å². The number of allylic oxidation sites excluding steroid dienone is 4. The molecule has 5 rings (SSSR count). The maximum atomic E-state index is 12.8. The highest BCUT2D eigenvalue weighted by Crippen LogP contribution is 2.50. The number of Topliss-reactive ketones (excluding diaryl/α,β-unsaturated/α-hetero) is 1. The van der Waals surface area contributed by atoms with E-state index < -0.39 is 0 Å². The van der Waals surface area contributed by atoms with Gasteiger partial charge < -0.3 is 5.32 Å². The number of nitrogens with one attached hydrogen (secondary N) is 1. The standard InChI is InChI=1S/C23H20N2O3S/c26-20-8-4-7-17-22(20)21(23-18(24-17)11-12-29-23)15-9-10-16(19(13-15)25(27)28)14-5-2-1-3-6-14/h1-3,5-6,9-10,13,21,24H,4,7-8,11-12H2. The highest BCUT2D eigenvalue weighted by molar-refractivity contribution is 8.03. The highest BCUT2D eigenvalue weighted by atomic mass is 32.2. The Hall–Kier alpha value is -2.86. The minimum absolute atomic E-state index is 0.0859. The molecule has 0 saturated carbocycles. The van der Waals surface area contributed by atoms with Crippen molar-refractivity contribution in [3.05, 3.63) is 86.1 Å². The van der Waals surface area contributed by atoms with Crippen molar-refractivity contribution in [2.45, 2.75) is 31.6 Å². The lowest BCUT2D eigenvalue weighted by atomic mass is 9.79. The van der Waals surface area contributed by atoms with E-state index in [1.807, 2.05) is 42.5 Å². The number of hydrogen-bond donors (Lipinski definition) is 1. The van der Waals surface area contributed by atoms with Gasteiger partial charge in [-0.3, -0.25) is 14.9 Å². The number of dihydropyridines is 1. The number of hydrogen-bond acceptors (Lipinski definition) is 5. The fourth-order valence-electron chi connectivity index (χ4n) is 4.56. The van der Waals surface area contributed by atoms with Gasteiger partial charge in [0.15, 0.2) is 5.78 Å². The molecule has 2 aromatic carbocycles. The molecule has 2 aliphatic heterocycles. The molecule has 1 N–H and O–H groups in total. The predicted octanol–water partition coefficient (Wildman–Crippen LogP) is 5.30. The van der Waals surface area contributed by atoms with Crippen LogP contribution in [0, 0.1) is 10.1 Å². The number of carbonyl (C=O) groups excluding carboxylic acids is 1. The molecule has 2 heterocycles. The number of nitro benzene ring substituents is 1. The monoisotopic (exact) mass is 404 g/mol. The van der Waals surface area contributed by atoms with Gasteiger partial charge in [-0.2, -0.15) is 0 Å². The Morgan fingerprint density at radius 2 is 1.86 bits per heavy atom. The Morgan fingerprint density at radius 3 is 2.66 bits per heavy atom. The summed E-state index contributed by atoms with van der Waals surface area (Å²) in [5, 5.41) is 15.4. The summed E-state index contributed by atoms with van der Waals surface area (Å²) in [4.78, 5) is 25.6. The molecule has 0 amide bonds.